The second-order valence-corrected chi connectivity index (χ2v) is 5.30. The van der Waals surface area contributed by atoms with E-state index in [0.717, 1.165) is 36.5 Å². The van der Waals surface area contributed by atoms with E-state index in [2.05, 4.69) is 6.07 Å². The van der Waals surface area contributed by atoms with Gasteiger partial charge >= 0.3 is 0 Å². The van der Waals surface area contributed by atoms with Crippen LogP contribution in [0.1, 0.15) is 32.3 Å². The van der Waals surface area contributed by atoms with E-state index in [1.54, 1.807) is 0 Å². The SMILES string of the molecule is CC(C)(O)O.NSOCCCCc1ccccc1Cl. The van der Waals surface area contributed by atoms with Crippen LogP contribution in [0.15, 0.2) is 24.3 Å². The van der Waals surface area contributed by atoms with E-state index >= 15 is 0 Å². The van der Waals surface area contributed by atoms with Crippen LogP contribution in [0.4, 0.5) is 0 Å². The molecular weight excluding hydrogens is 286 g/mol. The molecule has 0 aliphatic heterocycles. The molecule has 0 saturated carbocycles. The molecule has 0 aliphatic rings. The molecule has 110 valence electrons. The lowest BCUT2D eigenvalue weighted by Crippen LogP contribution is -2.15. The smallest absolute Gasteiger partial charge is 0.156 e. The van der Waals surface area contributed by atoms with Gasteiger partial charge in [-0.05, 0) is 44.7 Å². The molecule has 0 aromatic heterocycles. The summed E-state index contributed by atoms with van der Waals surface area (Å²) in [6.45, 7) is 3.30. The van der Waals surface area contributed by atoms with Crippen molar-refractivity contribution in [3.05, 3.63) is 34.9 Å². The van der Waals surface area contributed by atoms with Gasteiger partial charge in [0.25, 0.3) is 0 Å². The molecule has 0 bridgehead atoms. The highest BCUT2D eigenvalue weighted by Crippen LogP contribution is 2.17. The summed E-state index contributed by atoms with van der Waals surface area (Å²) >= 11 is 6.93. The molecule has 0 unspecified atom stereocenters. The summed E-state index contributed by atoms with van der Waals surface area (Å²) in [4.78, 5) is 0. The zero-order valence-corrected chi connectivity index (χ0v) is 12.9. The topological polar surface area (TPSA) is 75.7 Å². The summed E-state index contributed by atoms with van der Waals surface area (Å²) in [6, 6.07) is 7.93. The Morgan fingerprint density at radius 3 is 2.37 bits per heavy atom. The summed E-state index contributed by atoms with van der Waals surface area (Å²) < 4.78 is 4.96. The fourth-order valence-electron chi connectivity index (χ4n) is 1.23. The standard InChI is InChI=1S/C10H14ClNOS.C3H8O2/c11-10-7-2-1-5-9(10)6-3-4-8-13-14-12;1-3(2,4)5/h1-2,5,7H,3-4,6,8,12H2;4-5H,1-2H3. The van der Waals surface area contributed by atoms with Crippen LogP contribution >= 0.6 is 23.8 Å². The van der Waals surface area contributed by atoms with Gasteiger partial charge in [0.05, 0.1) is 18.8 Å². The molecule has 4 N–H and O–H groups in total. The number of unbranched alkanes of at least 4 members (excludes halogenated alkanes) is 1. The van der Waals surface area contributed by atoms with Gasteiger partial charge in [0.15, 0.2) is 5.79 Å². The summed E-state index contributed by atoms with van der Waals surface area (Å²) in [5.74, 6) is -1.50. The van der Waals surface area contributed by atoms with Crippen molar-refractivity contribution >= 4 is 23.8 Å². The van der Waals surface area contributed by atoms with Crippen LogP contribution in [0.25, 0.3) is 0 Å². The van der Waals surface area contributed by atoms with Crippen molar-refractivity contribution in [2.24, 2.45) is 5.14 Å². The molecule has 6 heteroatoms. The van der Waals surface area contributed by atoms with E-state index in [0.29, 0.717) is 6.61 Å². The quantitative estimate of drug-likeness (QED) is 0.326. The van der Waals surface area contributed by atoms with Crippen LogP contribution in [0.3, 0.4) is 0 Å². The molecule has 0 radical (unpaired) electrons. The third-order valence-corrected chi connectivity index (χ3v) is 2.62. The van der Waals surface area contributed by atoms with Crippen molar-refractivity contribution in [3.8, 4) is 0 Å². The average molecular weight is 308 g/mol. The first-order valence-electron chi connectivity index (χ1n) is 6.01. The van der Waals surface area contributed by atoms with Crippen LogP contribution in [-0.2, 0) is 10.6 Å². The molecule has 0 aliphatic carbocycles. The molecule has 0 heterocycles. The second-order valence-electron chi connectivity index (χ2n) is 4.46. The predicted octanol–water partition coefficient (Wildman–Crippen LogP) is 2.91. The number of hydrogen-bond donors (Lipinski definition) is 3. The van der Waals surface area contributed by atoms with Crippen LogP contribution in [-0.4, -0.2) is 22.6 Å². The zero-order chi connectivity index (χ0) is 14.7. The zero-order valence-electron chi connectivity index (χ0n) is 11.3. The predicted molar refractivity (Wildman–Crippen MR) is 80.6 cm³/mol. The minimum atomic E-state index is -1.50. The van der Waals surface area contributed by atoms with Crippen LogP contribution in [0.2, 0.25) is 5.02 Å². The molecule has 4 nitrogen and oxygen atoms in total. The number of nitrogens with two attached hydrogens (primary N) is 1. The molecule has 1 rings (SSSR count). The van der Waals surface area contributed by atoms with Crippen molar-refractivity contribution in [1.82, 2.24) is 0 Å². The Labute approximate surface area is 124 Å². The minimum Gasteiger partial charge on any atom is -0.366 e. The second kappa shape index (κ2) is 10.5. The van der Waals surface area contributed by atoms with Gasteiger partial charge in [-0.2, -0.15) is 0 Å². The summed E-state index contributed by atoms with van der Waals surface area (Å²) in [7, 11) is 0. The van der Waals surface area contributed by atoms with E-state index in [9.17, 15) is 0 Å². The van der Waals surface area contributed by atoms with Gasteiger partial charge < -0.3 is 14.4 Å². The monoisotopic (exact) mass is 307 g/mol. The fraction of sp³-hybridized carbons (Fsp3) is 0.538. The maximum atomic E-state index is 8.08. The van der Waals surface area contributed by atoms with E-state index in [1.165, 1.54) is 19.4 Å². The van der Waals surface area contributed by atoms with Gasteiger partial charge in [-0.3, -0.25) is 5.14 Å². The van der Waals surface area contributed by atoms with Gasteiger partial charge in [-0.1, -0.05) is 29.8 Å². The van der Waals surface area contributed by atoms with Gasteiger partial charge in [-0.25, -0.2) is 0 Å². The third-order valence-electron chi connectivity index (χ3n) is 1.95. The highest BCUT2D eigenvalue weighted by atomic mass is 35.5. The highest BCUT2D eigenvalue weighted by Gasteiger charge is 2.00. The third kappa shape index (κ3) is 13.9. The molecule has 0 atom stereocenters. The lowest BCUT2D eigenvalue weighted by Gasteiger charge is -2.03. The number of aryl methyl sites for hydroxylation is 1. The first kappa shape index (κ1) is 18.7. The Morgan fingerprint density at radius 2 is 1.84 bits per heavy atom. The molecular formula is C13H22ClNO3S. The van der Waals surface area contributed by atoms with Gasteiger partial charge in [-0.15, -0.1) is 0 Å². The Hall–Kier alpha value is -0.300. The molecule has 0 saturated heterocycles. The Balaban J connectivity index is 0.000000555. The molecule has 0 spiro atoms. The number of benzene rings is 1. The Morgan fingerprint density at radius 1 is 1.26 bits per heavy atom. The molecule has 1 aromatic carbocycles. The summed E-state index contributed by atoms with van der Waals surface area (Å²) in [5.41, 5.74) is 1.20. The summed E-state index contributed by atoms with van der Waals surface area (Å²) in [5, 5.41) is 22.1. The average Bonchev–Trinajstić information content (AvgIpc) is 2.29. The van der Waals surface area contributed by atoms with E-state index in [4.69, 9.17) is 31.1 Å². The highest BCUT2D eigenvalue weighted by molar-refractivity contribution is 7.92. The van der Waals surface area contributed by atoms with Crippen molar-refractivity contribution in [3.63, 3.8) is 0 Å². The Kier molecular flexibility index (Phi) is 10.3. The van der Waals surface area contributed by atoms with Crippen molar-refractivity contribution in [1.29, 1.82) is 0 Å². The van der Waals surface area contributed by atoms with Gasteiger partial charge in [0.1, 0.15) is 0 Å². The maximum absolute atomic E-state index is 8.08. The van der Waals surface area contributed by atoms with Crippen molar-refractivity contribution < 1.29 is 14.4 Å². The van der Waals surface area contributed by atoms with Crippen LogP contribution in [0.5, 0.6) is 0 Å². The molecule has 19 heavy (non-hydrogen) atoms. The number of halogens is 1. The molecule has 0 fully saturated rings. The maximum Gasteiger partial charge on any atom is 0.156 e. The lowest BCUT2D eigenvalue weighted by molar-refractivity contribution is -0.127. The fourth-order valence-corrected chi connectivity index (χ4v) is 1.67. The Bertz CT molecular complexity index is 339. The number of hydrogen-bond acceptors (Lipinski definition) is 5. The molecule has 1 aromatic rings. The van der Waals surface area contributed by atoms with E-state index in [-0.39, 0.29) is 0 Å². The van der Waals surface area contributed by atoms with Crippen molar-refractivity contribution in [2.45, 2.75) is 38.9 Å². The first-order chi connectivity index (χ1) is 8.84. The normalized spacial score (nSPS) is 10.8. The van der Waals surface area contributed by atoms with Gasteiger partial charge in [0.2, 0.25) is 0 Å². The molecule has 0 amide bonds. The largest absolute Gasteiger partial charge is 0.366 e. The number of aliphatic hydroxyl groups is 2. The first-order valence-corrected chi connectivity index (χ1v) is 7.19. The number of rotatable bonds is 6. The van der Waals surface area contributed by atoms with E-state index < -0.39 is 5.79 Å². The summed E-state index contributed by atoms with van der Waals surface area (Å²) in [6.07, 6.45) is 3.08. The van der Waals surface area contributed by atoms with Crippen LogP contribution in [0, 0.1) is 0 Å². The lowest BCUT2D eigenvalue weighted by atomic mass is 10.1. The van der Waals surface area contributed by atoms with E-state index in [1.807, 2.05) is 18.2 Å². The van der Waals surface area contributed by atoms with Crippen LogP contribution < -0.4 is 5.14 Å². The van der Waals surface area contributed by atoms with Gasteiger partial charge in [0, 0.05) is 5.02 Å². The minimum absolute atomic E-state index is 0.700. The van der Waals surface area contributed by atoms with Crippen molar-refractivity contribution in [2.75, 3.05) is 6.61 Å².